The van der Waals surface area contributed by atoms with Gasteiger partial charge in [0, 0.05) is 6.42 Å². The topological polar surface area (TPSA) is 58.6 Å². The Kier molecular flexibility index (Phi) is 6.58. The molecule has 0 N–H and O–H groups in total. The molecule has 0 aromatic rings. The zero-order chi connectivity index (χ0) is 16.1. The number of phosphoric acid groups is 1. The SMILES string of the molecule is O=P1([O-])OCCCCCCCC(CC(F)(F)C(F)(F)F)O1. The Morgan fingerprint density at radius 2 is 1.62 bits per heavy atom. The van der Waals surface area contributed by atoms with Gasteiger partial charge < -0.3 is 13.9 Å². The summed E-state index contributed by atoms with van der Waals surface area (Å²) in [4.78, 5) is 11.4. The molecule has 1 rings (SSSR count). The molecule has 0 saturated carbocycles. The van der Waals surface area contributed by atoms with Crippen LogP contribution in [0.5, 0.6) is 0 Å². The summed E-state index contributed by atoms with van der Waals surface area (Å²) in [5.41, 5.74) is 0. The highest BCUT2D eigenvalue weighted by Gasteiger charge is 2.58. The molecule has 4 nitrogen and oxygen atoms in total. The first-order chi connectivity index (χ1) is 9.54. The molecule has 1 aliphatic rings. The van der Waals surface area contributed by atoms with E-state index in [2.05, 4.69) is 9.05 Å². The van der Waals surface area contributed by atoms with Gasteiger partial charge in [-0.15, -0.1) is 0 Å². The molecular formula is C11H17F5O4P-. The van der Waals surface area contributed by atoms with Crippen molar-refractivity contribution in [3.05, 3.63) is 0 Å². The predicted octanol–water partition coefficient (Wildman–Crippen LogP) is 3.80. The van der Waals surface area contributed by atoms with E-state index in [1.807, 2.05) is 0 Å². The quantitative estimate of drug-likeness (QED) is 0.567. The van der Waals surface area contributed by atoms with Crippen LogP contribution in [-0.4, -0.2) is 24.8 Å². The Hall–Kier alpha value is -0.240. The highest BCUT2D eigenvalue weighted by Crippen LogP contribution is 2.46. The van der Waals surface area contributed by atoms with Crippen LogP contribution in [-0.2, 0) is 13.6 Å². The highest BCUT2D eigenvalue weighted by atomic mass is 31.2. The van der Waals surface area contributed by atoms with Gasteiger partial charge in [-0.25, -0.2) is 0 Å². The number of halogens is 5. The molecule has 1 heterocycles. The van der Waals surface area contributed by atoms with Crippen LogP contribution in [0.1, 0.15) is 44.9 Å². The summed E-state index contributed by atoms with van der Waals surface area (Å²) in [6.07, 6.45) is -6.59. The zero-order valence-electron chi connectivity index (χ0n) is 11.2. The van der Waals surface area contributed by atoms with Crippen molar-refractivity contribution in [2.24, 2.45) is 0 Å². The van der Waals surface area contributed by atoms with Gasteiger partial charge in [-0.2, -0.15) is 22.0 Å². The van der Waals surface area contributed by atoms with Gasteiger partial charge in [-0.1, -0.05) is 25.7 Å². The number of hydrogen-bond acceptors (Lipinski definition) is 4. The van der Waals surface area contributed by atoms with Crippen molar-refractivity contribution in [2.75, 3.05) is 6.61 Å². The van der Waals surface area contributed by atoms with E-state index < -0.39 is 32.4 Å². The summed E-state index contributed by atoms with van der Waals surface area (Å²) in [5.74, 6) is -5.00. The van der Waals surface area contributed by atoms with Crippen LogP contribution in [0.4, 0.5) is 22.0 Å². The van der Waals surface area contributed by atoms with E-state index >= 15 is 0 Å². The van der Waals surface area contributed by atoms with Gasteiger partial charge >= 0.3 is 12.1 Å². The molecule has 0 aromatic carbocycles. The molecule has 2 atom stereocenters. The van der Waals surface area contributed by atoms with Gasteiger partial charge in [0.05, 0.1) is 12.7 Å². The molecule has 10 heteroatoms. The van der Waals surface area contributed by atoms with Crippen LogP contribution in [0.25, 0.3) is 0 Å². The van der Waals surface area contributed by atoms with Gasteiger partial charge in [-0.05, 0) is 12.8 Å². The molecule has 0 radical (unpaired) electrons. The van der Waals surface area contributed by atoms with Crippen molar-refractivity contribution in [3.8, 4) is 0 Å². The lowest BCUT2D eigenvalue weighted by Gasteiger charge is -2.30. The van der Waals surface area contributed by atoms with Crippen molar-refractivity contribution in [3.63, 3.8) is 0 Å². The fourth-order valence-electron chi connectivity index (χ4n) is 1.99. The summed E-state index contributed by atoms with van der Waals surface area (Å²) >= 11 is 0. The molecule has 2 unspecified atom stereocenters. The number of hydrogen-bond donors (Lipinski definition) is 0. The third-order valence-corrected chi connectivity index (χ3v) is 4.15. The number of rotatable bonds is 2. The zero-order valence-corrected chi connectivity index (χ0v) is 12.1. The highest BCUT2D eigenvalue weighted by molar-refractivity contribution is 7.45. The second kappa shape index (κ2) is 7.35. The first-order valence-corrected chi connectivity index (χ1v) is 8.08. The Balaban J connectivity index is 2.76. The fraction of sp³-hybridized carbons (Fsp3) is 1.00. The van der Waals surface area contributed by atoms with E-state index in [1.165, 1.54) is 0 Å². The maximum absolute atomic E-state index is 13.0. The van der Waals surface area contributed by atoms with E-state index in [0.29, 0.717) is 25.7 Å². The lowest BCUT2D eigenvalue weighted by atomic mass is 10.0. The van der Waals surface area contributed by atoms with Gasteiger partial charge in [0.2, 0.25) is 0 Å². The summed E-state index contributed by atoms with van der Waals surface area (Å²) in [5, 5.41) is 0. The molecule has 1 aliphatic heterocycles. The average Bonchev–Trinajstić information content (AvgIpc) is 2.32. The maximum Gasteiger partial charge on any atom is 0.453 e. The minimum Gasteiger partial charge on any atom is -0.756 e. The molecule has 0 spiro atoms. The van der Waals surface area contributed by atoms with Gasteiger partial charge in [0.15, 0.2) is 0 Å². The van der Waals surface area contributed by atoms with Crippen molar-refractivity contribution in [1.82, 2.24) is 0 Å². The molecule has 0 aliphatic carbocycles. The summed E-state index contributed by atoms with van der Waals surface area (Å²) < 4.78 is 82.9. The van der Waals surface area contributed by atoms with Crippen molar-refractivity contribution >= 4 is 7.82 Å². The fourth-order valence-corrected chi connectivity index (χ4v) is 2.95. The van der Waals surface area contributed by atoms with Gasteiger partial charge in [0.25, 0.3) is 7.82 Å². The lowest BCUT2D eigenvalue weighted by molar-refractivity contribution is -0.292. The van der Waals surface area contributed by atoms with E-state index in [4.69, 9.17) is 0 Å². The third kappa shape index (κ3) is 6.59. The molecule has 0 aromatic heterocycles. The largest absolute Gasteiger partial charge is 0.756 e. The third-order valence-electron chi connectivity index (χ3n) is 3.10. The summed E-state index contributed by atoms with van der Waals surface area (Å²) in [7, 11) is -4.87. The van der Waals surface area contributed by atoms with E-state index in [9.17, 15) is 31.4 Å². The van der Waals surface area contributed by atoms with Crippen LogP contribution in [0, 0.1) is 0 Å². The van der Waals surface area contributed by atoms with Gasteiger partial charge in [0.1, 0.15) is 0 Å². The smallest absolute Gasteiger partial charge is 0.453 e. The molecule has 0 amide bonds. The average molecular weight is 339 g/mol. The van der Waals surface area contributed by atoms with Crippen molar-refractivity contribution in [1.29, 1.82) is 0 Å². The Morgan fingerprint density at radius 1 is 1.05 bits per heavy atom. The van der Waals surface area contributed by atoms with Crippen LogP contribution >= 0.6 is 7.82 Å². The minimum absolute atomic E-state index is 0.164. The van der Waals surface area contributed by atoms with Gasteiger partial charge in [-0.3, -0.25) is 4.57 Å². The summed E-state index contributed by atoms with van der Waals surface area (Å²) in [6, 6.07) is 0. The number of phosphoric ester groups is 1. The monoisotopic (exact) mass is 339 g/mol. The second-order valence-corrected chi connectivity index (χ2v) is 6.33. The van der Waals surface area contributed by atoms with E-state index in [0.717, 1.165) is 6.42 Å². The predicted molar refractivity (Wildman–Crippen MR) is 61.8 cm³/mol. The Bertz CT molecular complexity index is 374. The maximum atomic E-state index is 13.0. The molecule has 0 bridgehead atoms. The Morgan fingerprint density at radius 3 is 2.24 bits per heavy atom. The Labute approximate surface area is 119 Å². The van der Waals surface area contributed by atoms with Crippen molar-refractivity contribution in [2.45, 2.75) is 63.1 Å². The first kappa shape index (κ1) is 18.8. The molecule has 21 heavy (non-hydrogen) atoms. The lowest BCUT2D eigenvalue weighted by Crippen LogP contribution is -2.40. The first-order valence-electron chi connectivity index (χ1n) is 6.62. The van der Waals surface area contributed by atoms with E-state index in [1.54, 1.807) is 0 Å². The van der Waals surface area contributed by atoms with E-state index in [-0.39, 0.29) is 13.0 Å². The molecule has 1 fully saturated rings. The van der Waals surface area contributed by atoms with Crippen LogP contribution < -0.4 is 4.89 Å². The van der Waals surface area contributed by atoms with Crippen LogP contribution in [0.3, 0.4) is 0 Å². The second-order valence-electron chi connectivity index (χ2n) is 4.97. The van der Waals surface area contributed by atoms with Crippen LogP contribution in [0.15, 0.2) is 0 Å². The summed E-state index contributed by atoms with van der Waals surface area (Å²) in [6.45, 7) is -0.164. The molecule has 126 valence electrons. The normalized spacial score (nSPS) is 30.7. The standard InChI is InChI=1S/C11H18F5O4P/c12-10(13,11(14,15)16)8-9-6-4-2-1-3-5-7-19-21(17,18)20-9/h9H,1-8H2,(H,17,18)/p-1. The molecule has 1 saturated heterocycles. The minimum atomic E-state index is -5.74. The van der Waals surface area contributed by atoms with Crippen LogP contribution in [0.2, 0.25) is 0 Å². The van der Waals surface area contributed by atoms with Crippen molar-refractivity contribution < 1.29 is 40.5 Å². The number of alkyl halides is 5. The molecular weight excluding hydrogens is 322 g/mol.